The summed E-state index contributed by atoms with van der Waals surface area (Å²) < 4.78 is 36.9. The number of methoxy groups -OCH3 is 1. The Kier molecular flexibility index (Phi) is 7.95. The van der Waals surface area contributed by atoms with Gasteiger partial charge in [-0.15, -0.1) is 0 Å². The number of nitrogens with one attached hydrogen (secondary N) is 1. The molecular formula is C25H28N2O5S. The van der Waals surface area contributed by atoms with Crippen LogP contribution in [0.4, 0.5) is 5.69 Å². The fourth-order valence-electron chi connectivity index (χ4n) is 3.21. The Hall–Kier alpha value is -3.52. The molecule has 0 aliphatic rings. The minimum Gasteiger partial charge on any atom is -0.496 e. The number of sulfonamides is 1. The molecule has 0 saturated carbocycles. The smallest absolute Gasteiger partial charge is 0.258 e. The predicted octanol–water partition coefficient (Wildman–Crippen LogP) is 3.67. The Morgan fingerprint density at radius 2 is 1.64 bits per heavy atom. The fourth-order valence-corrected chi connectivity index (χ4v) is 4.10. The van der Waals surface area contributed by atoms with Crippen LogP contribution in [0, 0.1) is 6.92 Å². The summed E-state index contributed by atoms with van der Waals surface area (Å²) in [4.78, 5) is 12.2. The van der Waals surface area contributed by atoms with Crippen LogP contribution >= 0.6 is 0 Å². The Labute approximate surface area is 195 Å². The van der Waals surface area contributed by atoms with Crippen molar-refractivity contribution in [1.82, 2.24) is 5.32 Å². The van der Waals surface area contributed by atoms with Crippen molar-refractivity contribution in [3.63, 3.8) is 0 Å². The zero-order valence-corrected chi connectivity index (χ0v) is 19.8. The molecule has 0 saturated heterocycles. The maximum Gasteiger partial charge on any atom is 0.258 e. The maximum atomic E-state index is 12.4. The minimum absolute atomic E-state index is 0.159. The maximum absolute atomic E-state index is 12.4. The van der Waals surface area contributed by atoms with Gasteiger partial charge in [-0.05, 0) is 42.8 Å². The second-order valence-electron chi connectivity index (χ2n) is 7.63. The molecule has 0 heterocycles. The molecule has 7 nitrogen and oxygen atoms in total. The first kappa shape index (κ1) is 24.1. The molecule has 3 rings (SSSR count). The molecule has 0 aliphatic carbocycles. The van der Waals surface area contributed by atoms with Crippen molar-refractivity contribution in [2.75, 3.05) is 24.3 Å². The molecule has 0 aliphatic heterocycles. The van der Waals surface area contributed by atoms with Gasteiger partial charge in [0.25, 0.3) is 5.91 Å². The van der Waals surface area contributed by atoms with E-state index in [4.69, 9.17) is 9.47 Å². The average molecular weight is 469 g/mol. The third-order valence-electron chi connectivity index (χ3n) is 5.01. The number of anilines is 1. The van der Waals surface area contributed by atoms with Crippen molar-refractivity contribution in [1.29, 1.82) is 0 Å². The highest BCUT2D eigenvalue weighted by Crippen LogP contribution is 2.24. The Morgan fingerprint density at radius 1 is 0.970 bits per heavy atom. The summed E-state index contributed by atoms with van der Waals surface area (Å²) in [6.45, 7) is 2.38. The number of hydrogen-bond acceptors (Lipinski definition) is 5. The van der Waals surface area contributed by atoms with E-state index in [0.29, 0.717) is 23.7 Å². The molecule has 33 heavy (non-hydrogen) atoms. The lowest BCUT2D eigenvalue weighted by atomic mass is 10.1. The van der Waals surface area contributed by atoms with E-state index < -0.39 is 10.0 Å². The number of carbonyl (C=O) groups excluding carboxylic acids is 1. The third kappa shape index (κ3) is 6.98. The van der Waals surface area contributed by atoms with Crippen molar-refractivity contribution in [2.45, 2.75) is 20.0 Å². The van der Waals surface area contributed by atoms with Gasteiger partial charge in [-0.3, -0.25) is 9.10 Å². The Bertz CT molecular complexity index is 1180. The molecule has 8 heteroatoms. The van der Waals surface area contributed by atoms with Crippen molar-refractivity contribution in [3.8, 4) is 11.5 Å². The molecule has 3 aromatic rings. The summed E-state index contributed by atoms with van der Waals surface area (Å²) in [6.07, 6.45) is 1.18. The number of ether oxygens (including phenoxy) is 2. The SMILES string of the molecule is COc1ccccc1CNC(=O)COc1ccc(N(Cc2ccc(C)cc2)S(C)(=O)=O)cc1. The van der Waals surface area contributed by atoms with E-state index in [0.717, 1.165) is 16.7 Å². The molecule has 3 aromatic carbocycles. The van der Waals surface area contributed by atoms with E-state index in [-0.39, 0.29) is 19.1 Å². The van der Waals surface area contributed by atoms with Gasteiger partial charge in [0.15, 0.2) is 6.61 Å². The third-order valence-corrected chi connectivity index (χ3v) is 6.15. The summed E-state index contributed by atoms with van der Waals surface area (Å²) in [5.74, 6) is 0.896. The zero-order chi connectivity index (χ0) is 23.8. The van der Waals surface area contributed by atoms with E-state index >= 15 is 0 Å². The summed E-state index contributed by atoms with van der Waals surface area (Å²) >= 11 is 0. The van der Waals surface area contributed by atoms with Crippen LogP contribution < -0.4 is 19.1 Å². The van der Waals surface area contributed by atoms with E-state index in [1.54, 1.807) is 31.4 Å². The molecule has 0 aromatic heterocycles. The highest BCUT2D eigenvalue weighted by atomic mass is 32.2. The second-order valence-corrected chi connectivity index (χ2v) is 9.53. The number of nitrogens with zero attached hydrogens (tertiary/aromatic N) is 1. The first-order chi connectivity index (χ1) is 15.8. The Morgan fingerprint density at radius 3 is 2.27 bits per heavy atom. The van der Waals surface area contributed by atoms with Gasteiger partial charge in [0.1, 0.15) is 11.5 Å². The van der Waals surface area contributed by atoms with Crippen molar-refractivity contribution < 1.29 is 22.7 Å². The molecule has 1 N–H and O–H groups in total. The first-order valence-corrected chi connectivity index (χ1v) is 12.3. The fraction of sp³-hybridized carbons (Fsp3) is 0.240. The van der Waals surface area contributed by atoms with Gasteiger partial charge in [-0.2, -0.15) is 0 Å². The van der Waals surface area contributed by atoms with Gasteiger partial charge in [-0.25, -0.2) is 8.42 Å². The molecule has 0 atom stereocenters. The molecule has 0 fully saturated rings. The standard InChI is InChI=1S/C25H28N2O5S/c1-19-8-10-20(11-9-19)17-27(33(3,29)30)22-12-14-23(15-13-22)32-18-25(28)26-16-21-6-4-5-7-24(21)31-2/h4-15H,16-18H2,1-3H3,(H,26,28). The summed E-state index contributed by atoms with van der Waals surface area (Å²) in [5.41, 5.74) is 3.38. The van der Waals surface area contributed by atoms with E-state index in [2.05, 4.69) is 5.32 Å². The van der Waals surface area contributed by atoms with Crippen molar-refractivity contribution >= 4 is 21.6 Å². The molecular weight excluding hydrogens is 440 g/mol. The number of rotatable bonds is 10. The lowest BCUT2D eigenvalue weighted by molar-refractivity contribution is -0.123. The highest BCUT2D eigenvalue weighted by Gasteiger charge is 2.18. The number of amides is 1. The van der Waals surface area contributed by atoms with Crippen LogP contribution in [0.15, 0.2) is 72.8 Å². The predicted molar refractivity (Wildman–Crippen MR) is 129 cm³/mol. The van der Waals surface area contributed by atoms with Crippen LogP contribution in [0.1, 0.15) is 16.7 Å². The van der Waals surface area contributed by atoms with Crippen LogP contribution in [0.3, 0.4) is 0 Å². The van der Waals surface area contributed by atoms with E-state index in [1.807, 2.05) is 55.5 Å². The second kappa shape index (κ2) is 10.9. The van der Waals surface area contributed by atoms with Gasteiger partial charge in [0.2, 0.25) is 10.0 Å². The van der Waals surface area contributed by atoms with Crippen LogP contribution in [-0.2, 0) is 27.9 Å². The average Bonchev–Trinajstić information content (AvgIpc) is 2.81. The lowest BCUT2D eigenvalue weighted by Gasteiger charge is -2.23. The highest BCUT2D eigenvalue weighted by molar-refractivity contribution is 7.92. The van der Waals surface area contributed by atoms with Gasteiger partial charge in [0.05, 0.1) is 25.6 Å². The number of aryl methyl sites for hydroxylation is 1. The van der Waals surface area contributed by atoms with Gasteiger partial charge in [0, 0.05) is 12.1 Å². The summed E-state index contributed by atoms with van der Waals surface area (Å²) in [6, 6.07) is 21.8. The van der Waals surface area contributed by atoms with Crippen LogP contribution in [0.5, 0.6) is 11.5 Å². The molecule has 0 radical (unpaired) electrons. The number of hydrogen-bond donors (Lipinski definition) is 1. The lowest BCUT2D eigenvalue weighted by Crippen LogP contribution is -2.29. The van der Waals surface area contributed by atoms with Gasteiger partial charge in [-0.1, -0.05) is 48.0 Å². The quantitative estimate of drug-likeness (QED) is 0.491. The molecule has 174 valence electrons. The number of benzene rings is 3. The van der Waals surface area contributed by atoms with E-state index in [1.165, 1.54) is 10.6 Å². The largest absolute Gasteiger partial charge is 0.496 e. The summed E-state index contributed by atoms with van der Waals surface area (Å²) in [7, 11) is -1.90. The topological polar surface area (TPSA) is 84.9 Å². The monoisotopic (exact) mass is 468 g/mol. The van der Waals surface area contributed by atoms with Crippen molar-refractivity contribution in [2.24, 2.45) is 0 Å². The first-order valence-electron chi connectivity index (χ1n) is 10.4. The minimum atomic E-state index is -3.49. The molecule has 0 spiro atoms. The summed E-state index contributed by atoms with van der Waals surface area (Å²) in [5, 5.41) is 2.79. The normalized spacial score (nSPS) is 11.0. The van der Waals surface area contributed by atoms with Crippen LogP contribution in [-0.4, -0.2) is 34.3 Å². The zero-order valence-electron chi connectivity index (χ0n) is 18.9. The molecule has 1 amide bonds. The molecule has 0 unspecified atom stereocenters. The number of carbonyl (C=O) groups is 1. The van der Waals surface area contributed by atoms with Gasteiger partial charge >= 0.3 is 0 Å². The van der Waals surface area contributed by atoms with Crippen molar-refractivity contribution in [3.05, 3.63) is 89.5 Å². The van der Waals surface area contributed by atoms with Crippen LogP contribution in [0.2, 0.25) is 0 Å². The Balaban J connectivity index is 1.58. The van der Waals surface area contributed by atoms with Gasteiger partial charge < -0.3 is 14.8 Å². The molecule has 0 bridgehead atoms. The number of para-hydroxylation sites is 1. The van der Waals surface area contributed by atoms with E-state index in [9.17, 15) is 13.2 Å². The van der Waals surface area contributed by atoms with Crippen LogP contribution in [0.25, 0.3) is 0 Å².